The van der Waals surface area contributed by atoms with Crippen LogP contribution in [0.3, 0.4) is 0 Å². The predicted molar refractivity (Wildman–Crippen MR) is 80.7 cm³/mol. The van der Waals surface area contributed by atoms with Crippen LogP contribution in [0.5, 0.6) is 0 Å². The molecule has 0 spiro atoms. The third-order valence-electron chi connectivity index (χ3n) is 2.99. The first kappa shape index (κ1) is 14.5. The molecule has 104 valence electrons. The van der Waals surface area contributed by atoms with Crippen LogP contribution < -0.4 is 0 Å². The molecule has 0 aliphatic heterocycles. The molecule has 0 fully saturated rings. The molecule has 2 rings (SSSR count). The summed E-state index contributed by atoms with van der Waals surface area (Å²) >= 11 is 0. The normalized spacial score (nSPS) is 12.3. The lowest BCUT2D eigenvalue weighted by Gasteiger charge is -2.18. The molecule has 0 aromatic heterocycles. The summed E-state index contributed by atoms with van der Waals surface area (Å²) in [5, 5.41) is 0. The second kappa shape index (κ2) is 7.01. The van der Waals surface area contributed by atoms with E-state index in [1.165, 1.54) is 0 Å². The molecule has 0 aliphatic rings. The van der Waals surface area contributed by atoms with Crippen LogP contribution in [-0.2, 0) is 4.74 Å². The maximum absolute atomic E-state index is 12.6. The van der Waals surface area contributed by atoms with Crippen LogP contribution in [0.1, 0.15) is 35.9 Å². The van der Waals surface area contributed by atoms with Crippen molar-refractivity contribution in [3.63, 3.8) is 0 Å². The van der Waals surface area contributed by atoms with Crippen LogP contribution in [0, 0.1) is 5.92 Å². The zero-order valence-electron chi connectivity index (χ0n) is 12.0. The van der Waals surface area contributed by atoms with Gasteiger partial charge < -0.3 is 4.74 Å². The van der Waals surface area contributed by atoms with Crippen molar-refractivity contribution in [2.24, 2.45) is 5.92 Å². The van der Waals surface area contributed by atoms with Crippen LogP contribution >= 0.6 is 0 Å². The highest BCUT2D eigenvalue weighted by Crippen LogP contribution is 2.23. The molecule has 2 heteroatoms. The number of ether oxygens (including phenoxy) is 1. The number of carbonyl (C=O) groups is 1. The zero-order valence-corrected chi connectivity index (χ0v) is 12.0. The maximum atomic E-state index is 12.6. The van der Waals surface area contributed by atoms with Crippen molar-refractivity contribution in [2.45, 2.75) is 20.0 Å². The van der Waals surface area contributed by atoms with Gasteiger partial charge in [-0.05, 0) is 11.5 Å². The van der Waals surface area contributed by atoms with Gasteiger partial charge in [0.05, 0.1) is 6.61 Å². The van der Waals surface area contributed by atoms with Crippen LogP contribution in [0.25, 0.3) is 0 Å². The minimum absolute atomic E-state index is 0.0115. The van der Waals surface area contributed by atoms with Gasteiger partial charge >= 0.3 is 0 Å². The third kappa shape index (κ3) is 3.78. The first-order chi connectivity index (χ1) is 9.68. The van der Waals surface area contributed by atoms with E-state index < -0.39 is 6.10 Å². The summed E-state index contributed by atoms with van der Waals surface area (Å²) in [7, 11) is 0. The predicted octanol–water partition coefficient (Wildman–Crippen LogP) is 4.28. The third-order valence-corrected chi connectivity index (χ3v) is 2.99. The molecule has 20 heavy (non-hydrogen) atoms. The Hall–Kier alpha value is -1.93. The van der Waals surface area contributed by atoms with Gasteiger partial charge in [-0.2, -0.15) is 0 Å². The van der Waals surface area contributed by atoms with E-state index >= 15 is 0 Å². The summed E-state index contributed by atoms with van der Waals surface area (Å²) in [5.41, 5.74) is 1.59. The van der Waals surface area contributed by atoms with Gasteiger partial charge in [-0.15, -0.1) is 0 Å². The van der Waals surface area contributed by atoms with E-state index in [1.54, 1.807) is 0 Å². The molecule has 0 saturated carbocycles. The lowest BCUT2D eigenvalue weighted by atomic mass is 10.00. The summed E-state index contributed by atoms with van der Waals surface area (Å²) in [4.78, 5) is 12.6. The van der Waals surface area contributed by atoms with Crippen LogP contribution in [0.15, 0.2) is 60.7 Å². The number of carbonyl (C=O) groups excluding carboxylic acids is 1. The van der Waals surface area contributed by atoms with E-state index in [0.717, 1.165) is 5.56 Å². The smallest absolute Gasteiger partial charge is 0.196 e. The Morgan fingerprint density at radius 2 is 1.50 bits per heavy atom. The van der Waals surface area contributed by atoms with Crippen LogP contribution in [-0.4, -0.2) is 12.4 Å². The van der Waals surface area contributed by atoms with Crippen molar-refractivity contribution in [1.29, 1.82) is 0 Å². The topological polar surface area (TPSA) is 26.3 Å². The number of benzene rings is 2. The lowest BCUT2D eigenvalue weighted by Crippen LogP contribution is -2.18. The molecule has 0 N–H and O–H groups in total. The zero-order chi connectivity index (χ0) is 14.4. The van der Waals surface area contributed by atoms with Crippen molar-refractivity contribution in [3.8, 4) is 0 Å². The Balaban J connectivity index is 2.25. The summed E-state index contributed by atoms with van der Waals surface area (Å²) in [6, 6.07) is 19.0. The minimum Gasteiger partial charge on any atom is -0.365 e. The monoisotopic (exact) mass is 268 g/mol. The molecule has 0 saturated heterocycles. The molecule has 0 aliphatic carbocycles. The Morgan fingerprint density at radius 1 is 0.950 bits per heavy atom. The minimum atomic E-state index is -0.527. The Morgan fingerprint density at radius 3 is 2.05 bits per heavy atom. The van der Waals surface area contributed by atoms with E-state index in [-0.39, 0.29) is 5.78 Å². The van der Waals surface area contributed by atoms with E-state index in [1.807, 2.05) is 60.7 Å². The number of hydrogen-bond acceptors (Lipinski definition) is 2. The molecule has 0 bridgehead atoms. The molecular formula is C18H20O2. The number of rotatable bonds is 6. The molecule has 0 heterocycles. The van der Waals surface area contributed by atoms with E-state index in [0.29, 0.717) is 18.1 Å². The van der Waals surface area contributed by atoms with Gasteiger partial charge in [0.1, 0.15) is 6.10 Å². The molecule has 2 nitrogen and oxygen atoms in total. The standard InChI is InChI=1S/C18H20O2/c1-14(2)13-20-18(16-11-7-4-8-12-16)17(19)15-9-5-3-6-10-15/h3-12,14,18H,13H2,1-2H3/t18-/m1/s1. The molecule has 2 aromatic rings. The highest BCUT2D eigenvalue weighted by molar-refractivity contribution is 6.00. The number of ketones is 1. The number of hydrogen-bond donors (Lipinski definition) is 0. The largest absolute Gasteiger partial charge is 0.365 e. The molecule has 0 radical (unpaired) electrons. The maximum Gasteiger partial charge on any atom is 0.196 e. The fourth-order valence-electron chi connectivity index (χ4n) is 1.99. The van der Waals surface area contributed by atoms with Crippen molar-refractivity contribution in [1.82, 2.24) is 0 Å². The van der Waals surface area contributed by atoms with Crippen molar-refractivity contribution in [3.05, 3.63) is 71.8 Å². The van der Waals surface area contributed by atoms with Crippen LogP contribution in [0.2, 0.25) is 0 Å². The van der Waals surface area contributed by atoms with Crippen molar-refractivity contribution >= 4 is 5.78 Å². The Bertz CT molecular complexity index is 532. The average Bonchev–Trinajstić information content (AvgIpc) is 2.49. The summed E-state index contributed by atoms with van der Waals surface area (Å²) in [6.07, 6.45) is -0.527. The van der Waals surface area contributed by atoms with Crippen molar-refractivity contribution < 1.29 is 9.53 Å². The molecule has 0 unspecified atom stereocenters. The van der Waals surface area contributed by atoms with Gasteiger partial charge in [0.25, 0.3) is 0 Å². The Labute approximate surface area is 120 Å². The first-order valence-corrected chi connectivity index (χ1v) is 6.94. The summed E-state index contributed by atoms with van der Waals surface area (Å²) in [6.45, 7) is 4.72. The second-order valence-electron chi connectivity index (χ2n) is 5.25. The molecule has 2 aromatic carbocycles. The highest BCUT2D eigenvalue weighted by atomic mass is 16.5. The Kier molecular flexibility index (Phi) is 5.08. The SMILES string of the molecule is CC(C)CO[C@@H](C(=O)c1ccccc1)c1ccccc1. The van der Waals surface area contributed by atoms with Gasteiger partial charge in [-0.3, -0.25) is 4.79 Å². The van der Waals surface area contributed by atoms with Gasteiger partial charge in [-0.25, -0.2) is 0 Å². The fourth-order valence-corrected chi connectivity index (χ4v) is 1.99. The van der Waals surface area contributed by atoms with Gasteiger partial charge in [0.15, 0.2) is 5.78 Å². The highest BCUT2D eigenvalue weighted by Gasteiger charge is 2.22. The van der Waals surface area contributed by atoms with E-state index in [9.17, 15) is 4.79 Å². The second-order valence-corrected chi connectivity index (χ2v) is 5.25. The molecule has 1 atom stereocenters. The first-order valence-electron chi connectivity index (χ1n) is 6.94. The van der Waals surface area contributed by atoms with Gasteiger partial charge in [0, 0.05) is 5.56 Å². The summed E-state index contributed by atoms with van der Waals surface area (Å²) in [5.74, 6) is 0.405. The molecule has 0 amide bonds. The number of Topliss-reactive ketones (excluding diaryl/α,β-unsaturated/α-hetero) is 1. The van der Waals surface area contributed by atoms with E-state index in [2.05, 4.69) is 13.8 Å². The van der Waals surface area contributed by atoms with Crippen LogP contribution in [0.4, 0.5) is 0 Å². The molecular weight excluding hydrogens is 248 g/mol. The average molecular weight is 268 g/mol. The van der Waals surface area contributed by atoms with Crippen molar-refractivity contribution in [2.75, 3.05) is 6.61 Å². The lowest BCUT2D eigenvalue weighted by molar-refractivity contribution is 0.0308. The van der Waals surface area contributed by atoms with E-state index in [4.69, 9.17) is 4.74 Å². The van der Waals surface area contributed by atoms with Gasteiger partial charge in [0.2, 0.25) is 0 Å². The quantitative estimate of drug-likeness (QED) is 0.731. The van der Waals surface area contributed by atoms with Gasteiger partial charge in [-0.1, -0.05) is 74.5 Å². The fraction of sp³-hybridized carbons (Fsp3) is 0.278. The summed E-state index contributed by atoms with van der Waals surface area (Å²) < 4.78 is 5.86.